The quantitative estimate of drug-likeness (QED) is 0.160. The first-order valence-electron chi connectivity index (χ1n) is 16.7. The topological polar surface area (TPSA) is 131 Å². The fourth-order valence-electron chi connectivity index (χ4n) is 7.61. The highest BCUT2D eigenvalue weighted by Crippen LogP contribution is 2.46. The first-order valence-corrected chi connectivity index (χ1v) is 16.7. The summed E-state index contributed by atoms with van der Waals surface area (Å²) in [4.78, 5) is 22.1. The number of halogens is 3. The monoisotopic (exact) mass is 685 g/mol. The molecule has 0 saturated carbocycles. The van der Waals surface area contributed by atoms with E-state index in [1.165, 1.54) is 16.8 Å². The number of fused-ring (bicyclic) bond motifs is 1. The molecule has 2 aliphatic rings. The third-order valence-electron chi connectivity index (χ3n) is 10.1. The van der Waals surface area contributed by atoms with Crippen molar-refractivity contribution in [1.82, 2.24) is 25.1 Å². The van der Waals surface area contributed by atoms with Gasteiger partial charge in [-0.05, 0) is 78.1 Å². The van der Waals surface area contributed by atoms with E-state index in [1.807, 2.05) is 54.3 Å². The number of ether oxygens (including phenoxy) is 1. The number of anilines is 2. The van der Waals surface area contributed by atoms with Crippen LogP contribution in [0.4, 0.5) is 24.9 Å². The van der Waals surface area contributed by atoms with Gasteiger partial charge in [-0.1, -0.05) is 55.5 Å². The van der Waals surface area contributed by atoms with Gasteiger partial charge >= 0.3 is 12.1 Å². The highest BCUT2D eigenvalue weighted by molar-refractivity contribution is 5.87. The van der Waals surface area contributed by atoms with Crippen LogP contribution in [0.15, 0.2) is 79.0 Å². The maximum atomic E-state index is 15.0. The summed E-state index contributed by atoms with van der Waals surface area (Å²) >= 11 is 0. The van der Waals surface area contributed by atoms with Crippen LogP contribution in [-0.2, 0) is 4.79 Å². The van der Waals surface area contributed by atoms with E-state index in [9.17, 15) is 23.1 Å². The van der Waals surface area contributed by atoms with E-state index >= 15 is 0 Å². The molecule has 3 aromatic carbocycles. The Balaban J connectivity index is 1.20. The maximum absolute atomic E-state index is 15.0. The summed E-state index contributed by atoms with van der Waals surface area (Å²) in [5, 5.41) is 19.4. The number of carbonyl (C=O) groups is 1. The van der Waals surface area contributed by atoms with Crippen molar-refractivity contribution in [3.05, 3.63) is 90.3 Å². The van der Waals surface area contributed by atoms with Gasteiger partial charge < -0.3 is 25.8 Å². The van der Waals surface area contributed by atoms with Gasteiger partial charge in [0.1, 0.15) is 11.9 Å². The number of aryl methyl sites for hydroxylation is 1. The fraction of sp³-hybridized carbons (Fsp3) is 0.351. The minimum Gasteiger partial charge on any atom is -0.480 e. The van der Waals surface area contributed by atoms with Gasteiger partial charge in [0, 0.05) is 37.0 Å². The number of nitrogen functional groups attached to an aromatic ring is 1. The van der Waals surface area contributed by atoms with Crippen LogP contribution in [0, 0.1) is 12.3 Å². The van der Waals surface area contributed by atoms with Crippen LogP contribution in [0.1, 0.15) is 50.0 Å². The number of nitrogens with one attached hydrogen (secondary N) is 1. The Labute approximate surface area is 287 Å². The Bertz CT molecular complexity index is 2040. The number of rotatable bonds is 8. The highest BCUT2D eigenvalue weighted by Gasteiger charge is 2.50. The van der Waals surface area contributed by atoms with Crippen molar-refractivity contribution in [3.63, 3.8) is 0 Å². The summed E-state index contributed by atoms with van der Waals surface area (Å²) in [6, 6.07) is 21.2. The number of piperidine rings is 1. The summed E-state index contributed by atoms with van der Waals surface area (Å²) in [6.07, 6.45) is -2.89. The predicted octanol–water partition coefficient (Wildman–Crippen LogP) is 6.87. The number of hydrogen-bond donors (Lipinski definition) is 3. The molecule has 2 saturated heterocycles. The van der Waals surface area contributed by atoms with E-state index in [2.05, 4.69) is 20.4 Å². The number of alkyl halides is 3. The van der Waals surface area contributed by atoms with Gasteiger partial charge in [0.2, 0.25) is 17.9 Å². The van der Waals surface area contributed by atoms with Crippen molar-refractivity contribution >= 4 is 28.5 Å². The molecule has 0 radical (unpaired) electrons. The van der Waals surface area contributed by atoms with E-state index in [4.69, 9.17) is 10.5 Å². The van der Waals surface area contributed by atoms with E-state index in [-0.39, 0.29) is 34.5 Å². The van der Waals surface area contributed by atoms with Crippen LogP contribution in [0.5, 0.6) is 5.88 Å². The summed E-state index contributed by atoms with van der Waals surface area (Å²) in [5.41, 5.74) is 8.14. The molecule has 13 heteroatoms. The first kappa shape index (κ1) is 33.3. The van der Waals surface area contributed by atoms with E-state index in [0.717, 1.165) is 28.3 Å². The zero-order valence-electron chi connectivity index (χ0n) is 27.7. The molecule has 3 atom stereocenters. The number of carboxylic acid groups (broad SMARTS) is 1. The number of carboxylic acids is 1. The van der Waals surface area contributed by atoms with Gasteiger partial charge in [0.25, 0.3) is 0 Å². The molecule has 2 aliphatic heterocycles. The van der Waals surface area contributed by atoms with Gasteiger partial charge in [-0.3, -0.25) is 4.79 Å². The second-order valence-corrected chi connectivity index (χ2v) is 13.3. The molecule has 0 amide bonds. The molecule has 0 bridgehead atoms. The molecular weight excluding hydrogens is 647 g/mol. The Kier molecular flexibility index (Phi) is 8.63. The van der Waals surface area contributed by atoms with Crippen molar-refractivity contribution in [1.29, 1.82) is 0 Å². The molecule has 2 fully saturated rings. The summed E-state index contributed by atoms with van der Waals surface area (Å²) < 4.78 is 52.1. The van der Waals surface area contributed by atoms with E-state index < -0.39 is 24.3 Å². The Morgan fingerprint density at radius 2 is 1.76 bits per heavy atom. The third kappa shape index (κ3) is 6.45. The molecule has 7 rings (SSSR count). The lowest BCUT2D eigenvalue weighted by atomic mass is 9.71. The molecule has 10 nitrogen and oxygen atoms in total. The van der Waals surface area contributed by atoms with Crippen LogP contribution < -0.4 is 20.7 Å². The van der Waals surface area contributed by atoms with Crippen molar-refractivity contribution in [2.75, 3.05) is 23.7 Å². The summed E-state index contributed by atoms with van der Waals surface area (Å²) in [6.45, 7) is 4.87. The largest absolute Gasteiger partial charge is 0.480 e. The molecule has 2 unspecified atom stereocenters. The lowest BCUT2D eigenvalue weighted by Gasteiger charge is -2.43. The average molecular weight is 686 g/mol. The predicted molar refractivity (Wildman–Crippen MR) is 184 cm³/mol. The normalized spacial score (nSPS) is 19.6. The smallest absolute Gasteiger partial charge is 0.429 e. The summed E-state index contributed by atoms with van der Waals surface area (Å²) in [7, 11) is 0. The number of aromatic nitrogens is 4. The molecule has 4 N–H and O–H groups in total. The van der Waals surface area contributed by atoms with Crippen LogP contribution in [0.3, 0.4) is 0 Å². The molecule has 4 heterocycles. The van der Waals surface area contributed by atoms with Gasteiger partial charge in [-0.2, -0.15) is 28.2 Å². The molecule has 5 aromatic rings. The number of aliphatic carboxylic acids is 1. The van der Waals surface area contributed by atoms with Crippen LogP contribution in [0.25, 0.3) is 27.6 Å². The van der Waals surface area contributed by atoms with E-state index in [1.54, 1.807) is 31.3 Å². The SMILES string of the molecule is CCC1NC(C(=O)O)CC12CCN(c1cc(O[C@H](c3ccc(-c4ccc5ccccc5c4)cc3-n3ccc(C)n3)C(F)(F)F)nc(N)n1)CC2. The standard InChI is InChI=1S/C37H38F3N7O3/c1-3-30-36(21-28(42-30)34(48)49)13-16-46(17-14-36)31-20-32(44-35(41)43-31)50-33(37(38,39)40)27-11-10-26(19-29(27)47-15-12-22(2)45-47)25-9-8-23-6-4-5-7-24(23)18-25/h4-12,15,18-20,28,30,33,42H,3,13-14,16-17,21H2,1-2H3,(H,48,49)(H2,41,43,44)/t28?,30?,33-/m1/s1. The number of benzene rings is 3. The minimum absolute atomic E-state index is 0.0630. The van der Waals surface area contributed by atoms with Gasteiger partial charge in [-0.15, -0.1) is 0 Å². The van der Waals surface area contributed by atoms with Crippen molar-refractivity contribution in [2.24, 2.45) is 5.41 Å². The number of hydrogen-bond acceptors (Lipinski definition) is 8. The minimum atomic E-state index is -4.83. The van der Waals surface area contributed by atoms with Crippen LogP contribution >= 0.6 is 0 Å². The van der Waals surface area contributed by atoms with Gasteiger partial charge in [0.15, 0.2) is 0 Å². The zero-order chi connectivity index (χ0) is 35.2. The second-order valence-electron chi connectivity index (χ2n) is 13.3. The molecule has 260 valence electrons. The molecule has 2 aromatic heterocycles. The van der Waals surface area contributed by atoms with Crippen molar-refractivity contribution < 1.29 is 27.8 Å². The summed E-state index contributed by atoms with van der Waals surface area (Å²) in [5.74, 6) is -1.03. The Morgan fingerprint density at radius 3 is 2.44 bits per heavy atom. The lowest BCUT2D eigenvalue weighted by molar-refractivity contribution is -0.198. The zero-order valence-corrected chi connectivity index (χ0v) is 27.7. The average Bonchev–Trinajstić information content (AvgIpc) is 3.69. The third-order valence-corrected chi connectivity index (χ3v) is 10.1. The Hall–Kier alpha value is -5.17. The number of nitrogens with zero attached hydrogens (tertiary/aromatic N) is 5. The fourth-order valence-corrected chi connectivity index (χ4v) is 7.61. The Morgan fingerprint density at radius 1 is 1.04 bits per heavy atom. The molecule has 50 heavy (non-hydrogen) atoms. The van der Waals surface area contributed by atoms with Crippen molar-refractivity contribution in [3.8, 4) is 22.7 Å². The second kappa shape index (κ2) is 12.9. The van der Waals surface area contributed by atoms with Crippen molar-refractivity contribution in [2.45, 2.75) is 63.9 Å². The maximum Gasteiger partial charge on any atom is 0.429 e. The lowest BCUT2D eigenvalue weighted by Crippen LogP contribution is -2.46. The molecule has 1 spiro atoms. The molecular formula is C37H38F3N7O3. The highest BCUT2D eigenvalue weighted by atomic mass is 19.4. The van der Waals surface area contributed by atoms with Crippen LogP contribution in [0.2, 0.25) is 0 Å². The van der Waals surface area contributed by atoms with Gasteiger partial charge in [-0.25, -0.2) is 4.68 Å². The van der Waals surface area contributed by atoms with Crippen LogP contribution in [-0.4, -0.2) is 62.2 Å². The van der Waals surface area contributed by atoms with Gasteiger partial charge in [0.05, 0.1) is 11.4 Å². The first-order chi connectivity index (χ1) is 23.9. The van der Waals surface area contributed by atoms with E-state index in [0.29, 0.717) is 43.9 Å². The molecule has 0 aliphatic carbocycles. The number of nitrogens with two attached hydrogens (primary N) is 1.